The number of benzene rings is 1. The molecule has 0 aliphatic rings. The molecule has 0 bridgehead atoms. The van der Waals surface area contributed by atoms with Crippen LogP contribution in [0.1, 0.15) is 0 Å². The van der Waals surface area contributed by atoms with E-state index < -0.39 is 0 Å². The van der Waals surface area contributed by atoms with E-state index in [9.17, 15) is 4.79 Å². The Morgan fingerprint density at radius 3 is 2.50 bits per heavy atom. The Labute approximate surface area is 134 Å². The molecule has 112 valence electrons. The molecule has 0 aromatic heterocycles. The zero-order valence-corrected chi connectivity index (χ0v) is 13.9. The van der Waals surface area contributed by atoms with E-state index in [0.717, 1.165) is 0 Å². The van der Waals surface area contributed by atoms with Crippen molar-refractivity contribution in [2.75, 3.05) is 33.1 Å². The van der Waals surface area contributed by atoms with Crippen LogP contribution in [0.5, 0.6) is 11.5 Å². The number of ether oxygens (including phenoxy) is 2. The van der Waals surface area contributed by atoms with E-state index in [1.54, 1.807) is 32.4 Å². The number of anilines is 1. The summed E-state index contributed by atoms with van der Waals surface area (Å²) in [6.07, 6.45) is 0. The Morgan fingerprint density at radius 2 is 1.95 bits per heavy atom. The van der Waals surface area contributed by atoms with Crippen LogP contribution in [0.15, 0.2) is 23.2 Å². The third kappa shape index (κ3) is 5.51. The van der Waals surface area contributed by atoms with Gasteiger partial charge in [-0.25, -0.2) is 4.99 Å². The number of hydrogen-bond donors (Lipinski definition) is 3. The van der Waals surface area contributed by atoms with Gasteiger partial charge >= 0.3 is 0 Å². The number of carbonyl (C=O) groups excluding carboxylic acids is 1. The van der Waals surface area contributed by atoms with Crippen LogP contribution < -0.4 is 25.8 Å². The van der Waals surface area contributed by atoms with E-state index in [0.29, 0.717) is 17.2 Å². The summed E-state index contributed by atoms with van der Waals surface area (Å²) in [6.45, 7) is -0.0252. The summed E-state index contributed by atoms with van der Waals surface area (Å²) in [7, 11) is 4.64. The van der Waals surface area contributed by atoms with Gasteiger partial charge < -0.3 is 25.8 Å². The number of nitrogens with one attached hydrogen (secondary N) is 2. The quantitative estimate of drug-likeness (QED) is 0.390. The Kier molecular flexibility index (Phi) is 8.45. The van der Waals surface area contributed by atoms with Gasteiger partial charge in [0.05, 0.1) is 14.2 Å². The van der Waals surface area contributed by atoms with E-state index in [2.05, 4.69) is 15.6 Å². The number of guanidine groups is 1. The predicted octanol–water partition coefficient (Wildman–Crippen LogP) is 0.794. The second-order valence-corrected chi connectivity index (χ2v) is 3.57. The minimum Gasteiger partial charge on any atom is -0.493 e. The maximum atomic E-state index is 11.0. The lowest BCUT2D eigenvalue weighted by molar-refractivity contribution is -0.119. The second-order valence-electron chi connectivity index (χ2n) is 3.57. The topological polar surface area (TPSA) is 98.0 Å². The van der Waals surface area contributed by atoms with Crippen molar-refractivity contribution in [2.45, 2.75) is 0 Å². The first-order valence-corrected chi connectivity index (χ1v) is 5.60. The first kappa shape index (κ1) is 18.3. The number of amides is 1. The molecule has 0 unspecified atom stereocenters. The number of halogens is 1. The summed E-state index contributed by atoms with van der Waals surface area (Å²) >= 11 is 0. The summed E-state index contributed by atoms with van der Waals surface area (Å²) in [5.74, 6) is 1.13. The van der Waals surface area contributed by atoms with Crippen LogP contribution in [0.2, 0.25) is 0 Å². The molecule has 0 fully saturated rings. The highest BCUT2D eigenvalue weighted by Crippen LogP contribution is 2.29. The summed E-state index contributed by atoms with van der Waals surface area (Å²) in [5.41, 5.74) is 6.35. The van der Waals surface area contributed by atoms with Crippen molar-refractivity contribution >= 4 is 41.5 Å². The number of hydrogen-bond acceptors (Lipinski definition) is 4. The van der Waals surface area contributed by atoms with Crippen molar-refractivity contribution in [3.8, 4) is 11.5 Å². The van der Waals surface area contributed by atoms with Crippen molar-refractivity contribution in [3.05, 3.63) is 18.2 Å². The Balaban J connectivity index is 0.00000361. The van der Waals surface area contributed by atoms with Crippen LogP contribution in [0.3, 0.4) is 0 Å². The van der Waals surface area contributed by atoms with Gasteiger partial charge in [0.15, 0.2) is 17.5 Å². The Morgan fingerprint density at radius 1 is 1.30 bits per heavy atom. The summed E-state index contributed by atoms with van der Waals surface area (Å²) < 4.78 is 10.3. The highest BCUT2D eigenvalue weighted by atomic mass is 127. The molecule has 0 atom stereocenters. The number of aliphatic imine (C=N–C) groups is 1. The number of nitrogens with zero attached hydrogens (tertiary/aromatic N) is 1. The van der Waals surface area contributed by atoms with Gasteiger partial charge in [-0.05, 0) is 12.1 Å². The summed E-state index contributed by atoms with van der Waals surface area (Å²) in [5, 5.41) is 5.31. The molecule has 0 aliphatic carbocycles. The maximum absolute atomic E-state index is 11.0. The zero-order valence-electron chi connectivity index (χ0n) is 11.6. The van der Waals surface area contributed by atoms with E-state index in [4.69, 9.17) is 15.2 Å². The molecule has 4 N–H and O–H groups in total. The fourth-order valence-electron chi connectivity index (χ4n) is 1.34. The Hall–Kier alpha value is -1.71. The number of nitrogens with two attached hydrogens (primary N) is 1. The molecule has 1 rings (SSSR count). The van der Waals surface area contributed by atoms with Crippen LogP contribution in [-0.4, -0.2) is 39.7 Å². The molecule has 1 amide bonds. The monoisotopic (exact) mass is 394 g/mol. The maximum Gasteiger partial charge on any atom is 0.241 e. The van der Waals surface area contributed by atoms with E-state index >= 15 is 0 Å². The molecule has 0 heterocycles. The fraction of sp³-hybridized carbons (Fsp3) is 0.333. The molecule has 0 radical (unpaired) electrons. The lowest BCUT2D eigenvalue weighted by Crippen LogP contribution is -2.27. The van der Waals surface area contributed by atoms with Crippen molar-refractivity contribution < 1.29 is 14.3 Å². The highest BCUT2D eigenvalue weighted by molar-refractivity contribution is 14.0. The van der Waals surface area contributed by atoms with E-state index in [1.807, 2.05) is 0 Å². The van der Waals surface area contributed by atoms with Gasteiger partial charge in [0, 0.05) is 18.8 Å². The first-order chi connectivity index (χ1) is 9.10. The first-order valence-electron chi connectivity index (χ1n) is 5.60. The fourth-order valence-corrected chi connectivity index (χ4v) is 1.34. The number of carbonyl (C=O) groups is 1. The SMILES string of the molecule is CNC(=O)CN=C(N)Nc1ccc(OC)c(OC)c1.I. The molecular weight excluding hydrogens is 375 g/mol. The second kappa shape index (κ2) is 9.23. The molecule has 8 heteroatoms. The van der Waals surface area contributed by atoms with Crippen LogP contribution in [0.4, 0.5) is 5.69 Å². The van der Waals surface area contributed by atoms with Gasteiger partial charge in [-0.3, -0.25) is 4.79 Å². The van der Waals surface area contributed by atoms with Crippen LogP contribution in [0.25, 0.3) is 0 Å². The molecule has 7 nitrogen and oxygen atoms in total. The minimum absolute atomic E-state index is 0. The molecule has 1 aromatic rings. The summed E-state index contributed by atoms with van der Waals surface area (Å²) in [4.78, 5) is 14.9. The van der Waals surface area contributed by atoms with Crippen molar-refractivity contribution in [1.29, 1.82) is 0 Å². The van der Waals surface area contributed by atoms with E-state index in [1.165, 1.54) is 7.05 Å². The third-order valence-corrected chi connectivity index (χ3v) is 2.33. The van der Waals surface area contributed by atoms with Crippen molar-refractivity contribution in [2.24, 2.45) is 10.7 Å². The molecule has 0 saturated heterocycles. The standard InChI is InChI=1S/C12H18N4O3.HI/c1-14-11(17)7-15-12(13)16-8-4-5-9(18-2)10(6-8)19-3;/h4-6H,7H2,1-3H3,(H,14,17)(H3,13,15,16);1H. The average molecular weight is 394 g/mol. The largest absolute Gasteiger partial charge is 0.493 e. The summed E-state index contributed by atoms with van der Waals surface area (Å²) in [6, 6.07) is 5.23. The van der Waals surface area contributed by atoms with Gasteiger partial charge in [-0.2, -0.15) is 0 Å². The number of methoxy groups -OCH3 is 2. The minimum atomic E-state index is -0.211. The molecule has 0 saturated carbocycles. The normalized spacial score (nSPS) is 10.2. The van der Waals surface area contributed by atoms with Crippen molar-refractivity contribution in [1.82, 2.24) is 5.32 Å². The Bertz CT molecular complexity index is 480. The molecule has 20 heavy (non-hydrogen) atoms. The number of rotatable bonds is 5. The van der Waals surface area contributed by atoms with Gasteiger partial charge in [0.2, 0.25) is 5.91 Å². The third-order valence-electron chi connectivity index (χ3n) is 2.33. The van der Waals surface area contributed by atoms with Crippen LogP contribution >= 0.6 is 24.0 Å². The number of likely N-dealkylation sites (N-methyl/N-ethyl adjacent to an activating group) is 1. The van der Waals surface area contributed by atoms with Crippen LogP contribution in [-0.2, 0) is 4.79 Å². The van der Waals surface area contributed by atoms with E-state index in [-0.39, 0.29) is 42.4 Å². The molecular formula is C12H19IN4O3. The lowest BCUT2D eigenvalue weighted by Gasteiger charge is -2.10. The molecule has 1 aromatic carbocycles. The van der Waals surface area contributed by atoms with Gasteiger partial charge in [0.25, 0.3) is 0 Å². The van der Waals surface area contributed by atoms with Gasteiger partial charge in [0.1, 0.15) is 6.54 Å². The predicted molar refractivity (Wildman–Crippen MR) is 89.1 cm³/mol. The smallest absolute Gasteiger partial charge is 0.241 e. The van der Waals surface area contributed by atoms with Gasteiger partial charge in [-0.15, -0.1) is 24.0 Å². The molecule has 0 spiro atoms. The molecule has 0 aliphatic heterocycles. The van der Waals surface area contributed by atoms with Gasteiger partial charge in [-0.1, -0.05) is 0 Å². The lowest BCUT2D eigenvalue weighted by atomic mass is 10.3. The highest BCUT2D eigenvalue weighted by Gasteiger charge is 2.05. The zero-order chi connectivity index (χ0) is 14.3. The van der Waals surface area contributed by atoms with Crippen molar-refractivity contribution in [3.63, 3.8) is 0 Å². The van der Waals surface area contributed by atoms with Crippen LogP contribution in [0, 0.1) is 0 Å². The average Bonchev–Trinajstić information content (AvgIpc) is 2.44.